The number of nitrogens with one attached hydrogen (secondary N) is 1. The van der Waals surface area contributed by atoms with Crippen molar-refractivity contribution >= 4 is 39.8 Å². The van der Waals surface area contributed by atoms with Gasteiger partial charge in [-0.3, -0.25) is 0 Å². The Kier molecular flexibility index (Phi) is 8.90. The van der Waals surface area contributed by atoms with Crippen molar-refractivity contribution in [1.82, 2.24) is 15.2 Å². The largest absolute Gasteiger partial charge is 0.416 e. The molecule has 0 unspecified atom stereocenters. The molecular weight excluding hydrogens is 489 g/mol. The molecular formula is C23H24ClF3N4O2S. The fourth-order valence-corrected chi connectivity index (χ4v) is 4.23. The maximum atomic E-state index is 13.3. The fraction of sp³-hybridized carbons (Fsp3) is 0.304. The van der Waals surface area contributed by atoms with Gasteiger partial charge in [0.15, 0.2) is 5.13 Å². The summed E-state index contributed by atoms with van der Waals surface area (Å²) in [6, 6.07) is 11.0. The van der Waals surface area contributed by atoms with Crippen LogP contribution in [0.2, 0.25) is 5.02 Å². The molecule has 34 heavy (non-hydrogen) atoms. The molecule has 2 N–H and O–H groups in total. The van der Waals surface area contributed by atoms with Gasteiger partial charge in [0.05, 0.1) is 23.6 Å². The third-order valence-electron chi connectivity index (χ3n) is 4.91. The highest BCUT2D eigenvalue weighted by Gasteiger charge is 2.32. The van der Waals surface area contributed by atoms with Gasteiger partial charge < -0.3 is 15.3 Å². The predicted octanol–water partition coefficient (Wildman–Crippen LogP) is 5.64. The Labute approximate surface area is 204 Å². The van der Waals surface area contributed by atoms with Crippen LogP contribution in [0.15, 0.2) is 53.9 Å². The minimum atomic E-state index is -4.55. The number of thiazole rings is 1. The van der Waals surface area contributed by atoms with Crippen molar-refractivity contribution in [2.75, 3.05) is 38.2 Å². The van der Waals surface area contributed by atoms with Crippen molar-refractivity contribution in [3.05, 3.63) is 64.5 Å². The van der Waals surface area contributed by atoms with Crippen molar-refractivity contribution in [2.45, 2.75) is 12.6 Å². The van der Waals surface area contributed by atoms with E-state index < -0.39 is 17.8 Å². The maximum Gasteiger partial charge on any atom is 0.416 e. The van der Waals surface area contributed by atoms with Crippen molar-refractivity contribution in [1.29, 1.82) is 0 Å². The first-order chi connectivity index (χ1) is 16.2. The lowest BCUT2D eigenvalue weighted by molar-refractivity contribution is -0.137. The van der Waals surface area contributed by atoms with Gasteiger partial charge in [0.25, 0.3) is 0 Å². The van der Waals surface area contributed by atoms with E-state index in [9.17, 15) is 18.0 Å². The number of nitrogens with zero attached hydrogens (tertiary/aromatic N) is 3. The quantitative estimate of drug-likeness (QED) is 0.364. The first-order valence-electron chi connectivity index (χ1n) is 10.4. The summed E-state index contributed by atoms with van der Waals surface area (Å²) in [5.74, 6) is 0. The number of aliphatic hydroxyl groups excluding tert-OH is 1. The highest BCUT2D eigenvalue weighted by molar-refractivity contribution is 7.14. The predicted molar refractivity (Wildman–Crippen MR) is 129 cm³/mol. The summed E-state index contributed by atoms with van der Waals surface area (Å²) in [6.45, 7) is 1.48. The molecule has 0 bridgehead atoms. The molecule has 3 rings (SSSR count). The lowest BCUT2D eigenvalue weighted by atomic mass is 10.2. The molecule has 2 amide bonds. The zero-order valence-electron chi connectivity index (χ0n) is 18.3. The molecule has 0 radical (unpaired) electrons. The minimum Gasteiger partial charge on any atom is -0.395 e. The average molecular weight is 513 g/mol. The summed E-state index contributed by atoms with van der Waals surface area (Å²) in [7, 11) is 1.85. The number of alkyl halides is 3. The Morgan fingerprint density at radius 2 is 1.94 bits per heavy atom. The smallest absolute Gasteiger partial charge is 0.395 e. The standard InChI is InChI=1S/C23H24ClF3N4O2S/c1-30(11-12-32)10-4-9-28-21(33)31(19-8-3-6-17(14-19)23(25,26)27)22-29-20(15-34-22)16-5-2-7-18(24)13-16/h2-3,5-8,13-15,32H,4,9-12H2,1H3,(H,28,33). The summed E-state index contributed by atoms with van der Waals surface area (Å²) in [4.78, 5) is 20.7. The van der Waals surface area contributed by atoms with Crippen LogP contribution in [0.3, 0.4) is 0 Å². The van der Waals surface area contributed by atoms with Gasteiger partial charge in [-0.05, 0) is 50.3 Å². The van der Waals surface area contributed by atoms with Gasteiger partial charge >= 0.3 is 12.2 Å². The molecule has 0 aliphatic rings. The van der Waals surface area contributed by atoms with Crippen LogP contribution >= 0.6 is 22.9 Å². The topological polar surface area (TPSA) is 68.7 Å². The monoisotopic (exact) mass is 512 g/mol. The van der Waals surface area contributed by atoms with Gasteiger partial charge in [-0.1, -0.05) is 29.8 Å². The van der Waals surface area contributed by atoms with Crippen molar-refractivity contribution < 1.29 is 23.1 Å². The number of hydrogen-bond acceptors (Lipinski definition) is 5. The first-order valence-corrected chi connectivity index (χ1v) is 11.7. The number of aliphatic hydroxyl groups is 1. The van der Waals surface area contributed by atoms with Crippen LogP contribution in [0.25, 0.3) is 11.3 Å². The second-order valence-electron chi connectivity index (χ2n) is 7.52. The van der Waals surface area contributed by atoms with Crippen molar-refractivity contribution in [3.8, 4) is 11.3 Å². The van der Waals surface area contributed by atoms with E-state index in [0.29, 0.717) is 36.8 Å². The molecule has 0 saturated carbocycles. The molecule has 6 nitrogen and oxygen atoms in total. The van der Waals surface area contributed by atoms with E-state index in [0.717, 1.165) is 33.9 Å². The number of hydrogen-bond donors (Lipinski definition) is 2. The van der Waals surface area contributed by atoms with E-state index in [1.54, 1.807) is 23.6 Å². The maximum absolute atomic E-state index is 13.3. The summed E-state index contributed by atoms with van der Waals surface area (Å²) in [5.41, 5.74) is 0.473. The number of halogens is 4. The van der Waals surface area contributed by atoms with Crippen LogP contribution in [-0.4, -0.2) is 54.3 Å². The molecule has 3 aromatic rings. The molecule has 0 spiro atoms. The molecule has 0 aliphatic carbocycles. The summed E-state index contributed by atoms with van der Waals surface area (Å²) < 4.78 is 40.0. The molecule has 2 aromatic carbocycles. The Hall–Kier alpha value is -2.66. The Balaban J connectivity index is 1.87. The number of carbonyl (C=O) groups excluding carboxylic acids is 1. The molecule has 0 fully saturated rings. The molecule has 1 heterocycles. The summed E-state index contributed by atoms with van der Waals surface area (Å²) in [5, 5.41) is 14.2. The second kappa shape index (κ2) is 11.7. The minimum absolute atomic E-state index is 0.0329. The number of amides is 2. The van der Waals surface area contributed by atoms with Crippen LogP contribution < -0.4 is 10.2 Å². The Morgan fingerprint density at radius 1 is 1.18 bits per heavy atom. The van der Waals surface area contributed by atoms with E-state index in [4.69, 9.17) is 16.7 Å². The van der Waals surface area contributed by atoms with Gasteiger partial charge in [0.1, 0.15) is 0 Å². The average Bonchev–Trinajstić information content (AvgIpc) is 3.26. The number of anilines is 2. The third-order valence-corrected chi connectivity index (χ3v) is 5.97. The van der Waals surface area contributed by atoms with Crippen LogP contribution in [-0.2, 0) is 6.18 Å². The Morgan fingerprint density at radius 3 is 2.65 bits per heavy atom. The van der Waals surface area contributed by atoms with E-state index >= 15 is 0 Å². The van der Waals surface area contributed by atoms with Crippen LogP contribution in [0, 0.1) is 0 Å². The SMILES string of the molecule is CN(CCO)CCCNC(=O)N(c1cccc(C(F)(F)F)c1)c1nc(-c2cccc(Cl)c2)cs1. The Bertz CT molecular complexity index is 1110. The van der Waals surface area contributed by atoms with Gasteiger partial charge in [-0.15, -0.1) is 11.3 Å². The van der Waals surface area contributed by atoms with Crippen LogP contribution in [0.1, 0.15) is 12.0 Å². The van der Waals surface area contributed by atoms with Gasteiger partial charge in [-0.2, -0.15) is 13.2 Å². The summed E-state index contributed by atoms with van der Waals surface area (Å²) >= 11 is 7.20. The number of aromatic nitrogens is 1. The third kappa shape index (κ3) is 6.92. The first kappa shape index (κ1) is 26.0. The molecule has 1 aromatic heterocycles. The number of likely N-dealkylation sites (N-methyl/N-ethyl adjacent to an activating group) is 1. The molecule has 182 valence electrons. The normalized spacial score (nSPS) is 11.6. The van der Waals surface area contributed by atoms with Crippen LogP contribution in [0.5, 0.6) is 0 Å². The molecule has 11 heteroatoms. The van der Waals surface area contributed by atoms with Crippen LogP contribution in [0.4, 0.5) is 28.8 Å². The highest BCUT2D eigenvalue weighted by atomic mass is 35.5. The van der Waals surface area contributed by atoms with E-state index in [1.165, 1.54) is 12.1 Å². The van der Waals surface area contributed by atoms with Crippen molar-refractivity contribution in [3.63, 3.8) is 0 Å². The van der Waals surface area contributed by atoms with Crippen molar-refractivity contribution in [2.24, 2.45) is 0 Å². The van der Waals surface area contributed by atoms with Gasteiger partial charge in [-0.25, -0.2) is 14.7 Å². The lowest BCUT2D eigenvalue weighted by Crippen LogP contribution is -2.38. The zero-order valence-corrected chi connectivity index (χ0v) is 19.9. The van der Waals surface area contributed by atoms with E-state index in [-0.39, 0.29) is 17.4 Å². The van der Waals surface area contributed by atoms with E-state index in [2.05, 4.69) is 10.3 Å². The highest BCUT2D eigenvalue weighted by Crippen LogP contribution is 2.36. The summed E-state index contributed by atoms with van der Waals surface area (Å²) in [6.07, 6.45) is -3.95. The fourth-order valence-electron chi connectivity index (χ4n) is 3.19. The van der Waals surface area contributed by atoms with E-state index in [1.807, 2.05) is 18.0 Å². The number of benzene rings is 2. The van der Waals surface area contributed by atoms with Gasteiger partial charge in [0, 0.05) is 29.1 Å². The lowest BCUT2D eigenvalue weighted by Gasteiger charge is -2.22. The second-order valence-corrected chi connectivity index (χ2v) is 8.79. The number of urea groups is 1. The van der Waals surface area contributed by atoms with Gasteiger partial charge in [0.2, 0.25) is 0 Å². The number of carbonyl (C=O) groups is 1. The molecule has 0 saturated heterocycles. The molecule has 0 aliphatic heterocycles. The number of rotatable bonds is 9. The zero-order chi connectivity index (χ0) is 24.7. The molecule has 0 atom stereocenters.